The fourth-order valence-corrected chi connectivity index (χ4v) is 4.15. The smallest absolute Gasteiger partial charge is 0.233 e. The van der Waals surface area contributed by atoms with Gasteiger partial charge in [0.1, 0.15) is 0 Å². The van der Waals surface area contributed by atoms with Crippen LogP contribution in [0.15, 0.2) is 36.4 Å². The Morgan fingerprint density at radius 3 is 0.938 bits per heavy atom. The van der Waals surface area contributed by atoms with Crippen LogP contribution in [0.25, 0.3) is 0 Å². The second-order valence-corrected chi connectivity index (χ2v) is 9.15. The molecule has 2 aromatic carbocycles. The summed E-state index contributed by atoms with van der Waals surface area (Å²) in [5.41, 5.74) is 5.83. The standard InChI is InChI=1S/C30H42O2/c1-5-9-13-23-17-24(14-10-6-2)20-27(19-23)29(31)30(32)28-21-25(15-11-7-3)18-26(22-28)16-12-8-4/h17-22H,5-16H2,1-4H3. The van der Waals surface area contributed by atoms with E-state index >= 15 is 0 Å². The molecule has 0 saturated heterocycles. The van der Waals surface area contributed by atoms with Gasteiger partial charge in [-0.1, -0.05) is 65.5 Å². The third kappa shape index (κ3) is 8.04. The molecule has 0 amide bonds. The first kappa shape index (κ1) is 26.0. The van der Waals surface area contributed by atoms with Gasteiger partial charge in [0.15, 0.2) is 0 Å². The maximum Gasteiger partial charge on any atom is 0.233 e. The highest BCUT2D eigenvalue weighted by atomic mass is 16.2. The minimum Gasteiger partial charge on any atom is -0.285 e. The Bertz CT molecular complexity index is 752. The van der Waals surface area contributed by atoms with E-state index in [1.807, 2.05) is 24.3 Å². The van der Waals surface area contributed by atoms with Crippen molar-refractivity contribution < 1.29 is 9.59 Å². The minimum absolute atomic E-state index is 0.366. The van der Waals surface area contributed by atoms with Gasteiger partial charge in [-0.2, -0.15) is 0 Å². The van der Waals surface area contributed by atoms with E-state index in [9.17, 15) is 9.59 Å². The third-order valence-corrected chi connectivity index (χ3v) is 6.11. The van der Waals surface area contributed by atoms with E-state index in [2.05, 4.69) is 39.8 Å². The lowest BCUT2D eigenvalue weighted by Gasteiger charge is -2.11. The molecule has 0 aliphatic heterocycles. The SMILES string of the molecule is CCCCc1cc(CCCC)cc(C(=O)C(=O)c2cc(CCCC)cc(CCCC)c2)c1. The molecule has 0 fully saturated rings. The Kier molecular flexibility index (Phi) is 11.4. The van der Waals surface area contributed by atoms with Gasteiger partial charge in [0.05, 0.1) is 0 Å². The predicted octanol–water partition coefficient (Wildman–Crippen LogP) is 8.12. The van der Waals surface area contributed by atoms with Crippen LogP contribution in [0.4, 0.5) is 0 Å². The zero-order chi connectivity index (χ0) is 23.3. The Balaban J connectivity index is 2.35. The number of unbranched alkanes of at least 4 members (excludes halogenated alkanes) is 4. The molecule has 2 heteroatoms. The second kappa shape index (κ2) is 14.0. The van der Waals surface area contributed by atoms with Crippen molar-refractivity contribution in [3.05, 3.63) is 69.8 Å². The number of hydrogen-bond acceptors (Lipinski definition) is 2. The molecule has 0 aromatic heterocycles. The first-order valence-electron chi connectivity index (χ1n) is 12.9. The van der Waals surface area contributed by atoms with Crippen LogP contribution in [-0.2, 0) is 25.7 Å². The van der Waals surface area contributed by atoms with Crippen molar-refractivity contribution >= 4 is 11.6 Å². The van der Waals surface area contributed by atoms with Crippen LogP contribution in [0.3, 0.4) is 0 Å². The Morgan fingerprint density at radius 2 is 0.719 bits per heavy atom. The van der Waals surface area contributed by atoms with Crippen LogP contribution in [0, 0.1) is 0 Å². The summed E-state index contributed by atoms with van der Waals surface area (Å²) >= 11 is 0. The molecule has 0 aliphatic carbocycles. The largest absolute Gasteiger partial charge is 0.285 e. The van der Waals surface area contributed by atoms with E-state index in [1.165, 1.54) is 22.3 Å². The van der Waals surface area contributed by atoms with Gasteiger partial charge >= 0.3 is 0 Å². The lowest BCUT2D eigenvalue weighted by Crippen LogP contribution is -2.16. The highest BCUT2D eigenvalue weighted by Gasteiger charge is 2.20. The third-order valence-electron chi connectivity index (χ3n) is 6.11. The van der Waals surface area contributed by atoms with Crippen LogP contribution < -0.4 is 0 Å². The van der Waals surface area contributed by atoms with E-state index in [-0.39, 0.29) is 11.6 Å². The fourth-order valence-electron chi connectivity index (χ4n) is 4.15. The van der Waals surface area contributed by atoms with Crippen molar-refractivity contribution in [1.82, 2.24) is 0 Å². The highest BCUT2D eigenvalue weighted by Crippen LogP contribution is 2.20. The average molecular weight is 435 g/mol. The van der Waals surface area contributed by atoms with Crippen molar-refractivity contribution in [3.63, 3.8) is 0 Å². The van der Waals surface area contributed by atoms with Gasteiger partial charge < -0.3 is 0 Å². The quantitative estimate of drug-likeness (QED) is 0.209. The van der Waals surface area contributed by atoms with Gasteiger partial charge in [0.2, 0.25) is 11.6 Å². The van der Waals surface area contributed by atoms with Gasteiger partial charge in [0, 0.05) is 11.1 Å². The summed E-state index contributed by atoms with van der Waals surface area (Å²) in [6.07, 6.45) is 12.7. The minimum atomic E-state index is -0.366. The molecule has 2 nitrogen and oxygen atoms in total. The molecule has 32 heavy (non-hydrogen) atoms. The number of Topliss-reactive ketones (excluding diaryl/α,β-unsaturated/α-hetero) is 2. The number of carbonyl (C=O) groups is 2. The van der Waals surface area contributed by atoms with Crippen LogP contribution in [0.5, 0.6) is 0 Å². The zero-order valence-corrected chi connectivity index (χ0v) is 20.8. The number of ketones is 2. The molecule has 174 valence electrons. The molecule has 0 atom stereocenters. The lowest BCUT2D eigenvalue weighted by molar-refractivity contribution is 0.0816. The topological polar surface area (TPSA) is 34.1 Å². The molecule has 0 saturated carbocycles. The maximum absolute atomic E-state index is 13.3. The van der Waals surface area contributed by atoms with Crippen molar-refractivity contribution in [2.24, 2.45) is 0 Å². The van der Waals surface area contributed by atoms with Gasteiger partial charge in [-0.05, 0) is 97.9 Å². The molecule has 2 aromatic rings. The van der Waals surface area contributed by atoms with Crippen LogP contribution in [0.1, 0.15) is 122 Å². The van der Waals surface area contributed by atoms with Gasteiger partial charge in [0.25, 0.3) is 0 Å². The molecule has 0 radical (unpaired) electrons. The number of carbonyl (C=O) groups excluding carboxylic acids is 2. The summed E-state index contributed by atoms with van der Waals surface area (Å²) in [7, 11) is 0. The van der Waals surface area contributed by atoms with Gasteiger partial charge in [-0.15, -0.1) is 0 Å². The summed E-state index contributed by atoms with van der Waals surface area (Å²) in [5.74, 6) is -0.731. The molecule has 0 unspecified atom stereocenters. The van der Waals surface area contributed by atoms with Crippen LogP contribution in [-0.4, -0.2) is 11.6 Å². The zero-order valence-electron chi connectivity index (χ0n) is 20.8. The number of hydrogen-bond donors (Lipinski definition) is 0. The van der Waals surface area contributed by atoms with E-state index < -0.39 is 0 Å². The first-order valence-corrected chi connectivity index (χ1v) is 12.9. The van der Waals surface area contributed by atoms with Crippen LogP contribution >= 0.6 is 0 Å². The number of benzene rings is 2. The number of rotatable bonds is 15. The molecule has 0 spiro atoms. The van der Waals surface area contributed by atoms with E-state index in [0.717, 1.165) is 77.0 Å². The summed E-state index contributed by atoms with van der Waals surface area (Å²) in [4.78, 5) is 26.6. The van der Waals surface area contributed by atoms with Crippen molar-refractivity contribution in [2.45, 2.75) is 105 Å². The predicted molar refractivity (Wildman–Crippen MR) is 136 cm³/mol. The molecule has 0 aliphatic rings. The maximum atomic E-state index is 13.3. The second-order valence-electron chi connectivity index (χ2n) is 9.15. The summed E-state index contributed by atoms with van der Waals surface area (Å²) < 4.78 is 0. The normalized spacial score (nSPS) is 11.0. The van der Waals surface area contributed by atoms with Crippen molar-refractivity contribution in [2.75, 3.05) is 0 Å². The lowest BCUT2D eigenvalue weighted by atomic mass is 9.92. The van der Waals surface area contributed by atoms with E-state index in [0.29, 0.717) is 11.1 Å². The molecule has 0 heterocycles. The molecule has 0 N–H and O–H groups in total. The van der Waals surface area contributed by atoms with E-state index in [1.54, 1.807) is 0 Å². The van der Waals surface area contributed by atoms with Crippen molar-refractivity contribution in [1.29, 1.82) is 0 Å². The van der Waals surface area contributed by atoms with Crippen molar-refractivity contribution in [3.8, 4) is 0 Å². The first-order chi connectivity index (χ1) is 15.5. The van der Waals surface area contributed by atoms with Crippen LogP contribution in [0.2, 0.25) is 0 Å². The monoisotopic (exact) mass is 434 g/mol. The highest BCUT2D eigenvalue weighted by molar-refractivity contribution is 6.49. The molecular weight excluding hydrogens is 392 g/mol. The Labute approximate surface area is 195 Å². The molecule has 0 bridgehead atoms. The Hall–Kier alpha value is -2.22. The summed E-state index contributed by atoms with van der Waals surface area (Å²) in [6.45, 7) is 8.72. The molecular formula is C30H42O2. The van der Waals surface area contributed by atoms with Gasteiger partial charge in [-0.25, -0.2) is 0 Å². The van der Waals surface area contributed by atoms with Gasteiger partial charge in [-0.3, -0.25) is 9.59 Å². The number of aryl methyl sites for hydroxylation is 4. The fraction of sp³-hybridized carbons (Fsp3) is 0.533. The summed E-state index contributed by atoms with van der Waals surface area (Å²) in [5, 5.41) is 0. The van der Waals surface area contributed by atoms with E-state index in [4.69, 9.17) is 0 Å². The molecule has 2 rings (SSSR count). The Morgan fingerprint density at radius 1 is 0.469 bits per heavy atom. The average Bonchev–Trinajstić information content (AvgIpc) is 2.82. The summed E-state index contributed by atoms with van der Waals surface area (Å²) in [6, 6.07) is 12.2.